The van der Waals surface area contributed by atoms with Gasteiger partial charge in [0.1, 0.15) is 5.75 Å². The Hall–Kier alpha value is -2.75. The molecule has 1 saturated heterocycles. The molecule has 1 aliphatic rings. The molecule has 0 bridgehead atoms. The number of benzene rings is 2. The van der Waals surface area contributed by atoms with E-state index in [1.165, 1.54) is 5.69 Å². The average molecular weight is 336 g/mol. The minimum absolute atomic E-state index is 0.0521. The van der Waals surface area contributed by atoms with E-state index in [-0.39, 0.29) is 5.91 Å². The summed E-state index contributed by atoms with van der Waals surface area (Å²) < 4.78 is 5.36. The van der Waals surface area contributed by atoms with Crippen molar-refractivity contribution in [2.45, 2.75) is 6.92 Å². The molecule has 2 aromatic carbocycles. The number of methoxy groups -OCH3 is 1. The van der Waals surface area contributed by atoms with Gasteiger partial charge in [0.15, 0.2) is 0 Å². The monoisotopic (exact) mass is 336 g/mol. The maximum Gasteiger partial charge on any atom is 0.246 e. The van der Waals surface area contributed by atoms with Crippen LogP contribution in [0.5, 0.6) is 5.75 Å². The zero-order valence-electron chi connectivity index (χ0n) is 14.8. The summed E-state index contributed by atoms with van der Waals surface area (Å²) in [5, 5.41) is 0. The molecule has 0 unspecified atom stereocenters. The third-order valence-corrected chi connectivity index (χ3v) is 4.50. The lowest BCUT2D eigenvalue weighted by Gasteiger charge is -2.35. The lowest BCUT2D eigenvalue weighted by atomic mass is 10.1. The fourth-order valence-corrected chi connectivity index (χ4v) is 3.07. The molecule has 0 atom stereocenters. The van der Waals surface area contributed by atoms with E-state index < -0.39 is 0 Å². The highest BCUT2D eigenvalue weighted by atomic mass is 16.5. The van der Waals surface area contributed by atoms with Gasteiger partial charge >= 0.3 is 0 Å². The van der Waals surface area contributed by atoms with Crippen molar-refractivity contribution < 1.29 is 9.53 Å². The number of carbonyl (C=O) groups excluding carboxylic acids is 1. The zero-order valence-corrected chi connectivity index (χ0v) is 14.8. The summed E-state index contributed by atoms with van der Waals surface area (Å²) in [7, 11) is 1.65. The van der Waals surface area contributed by atoms with E-state index in [2.05, 4.69) is 17.0 Å². The van der Waals surface area contributed by atoms with Crippen molar-refractivity contribution in [3.63, 3.8) is 0 Å². The molecule has 1 fully saturated rings. The largest absolute Gasteiger partial charge is 0.496 e. The standard InChI is InChI=1S/C21H24N2O2/c1-17-8-10-20(25-2)18(16-17)9-11-21(24)23-14-12-22(13-15-23)19-6-4-3-5-7-19/h3-11,16H,12-15H2,1-2H3/b11-9+. The van der Waals surface area contributed by atoms with E-state index in [1.54, 1.807) is 13.2 Å². The average Bonchev–Trinajstić information content (AvgIpc) is 2.67. The SMILES string of the molecule is COc1ccc(C)cc1/C=C/C(=O)N1CCN(c2ccccc2)CC1. The maximum absolute atomic E-state index is 12.5. The minimum atomic E-state index is 0.0521. The number of amides is 1. The Balaban J connectivity index is 1.61. The third-order valence-electron chi connectivity index (χ3n) is 4.50. The van der Waals surface area contributed by atoms with Gasteiger partial charge < -0.3 is 14.5 Å². The molecule has 1 amide bonds. The van der Waals surface area contributed by atoms with Crippen molar-refractivity contribution in [1.29, 1.82) is 0 Å². The van der Waals surface area contributed by atoms with Gasteiger partial charge in [-0.15, -0.1) is 0 Å². The van der Waals surface area contributed by atoms with Gasteiger partial charge in [-0.3, -0.25) is 4.79 Å². The van der Waals surface area contributed by atoms with Crippen molar-refractivity contribution in [3.8, 4) is 5.75 Å². The number of hydrogen-bond acceptors (Lipinski definition) is 3. The van der Waals surface area contributed by atoms with Crippen LogP contribution in [0.4, 0.5) is 5.69 Å². The third kappa shape index (κ3) is 4.21. The van der Waals surface area contributed by atoms with Crippen molar-refractivity contribution in [2.75, 3.05) is 38.2 Å². The summed E-state index contributed by atoms with van der Waals surface area (Å²) in [6.07, 6.45) is 3.49. The van der Waals surface area contributed by atoms with E-state index in [0.29, 0.717) is 0 Å². The number of rotatable bonds is 4. The summed E-state index contributed by atoms with van der Waals surface area (Å²) in [6.45, 7) is 5.22. The van der Waals surface area contributed by atoms with Crippen LogP contribution < -0.4 is 9.64 Å². The van der Waals surface area contributed by atoms with Gasteiger partial charge in [-0.2, -0.15) is 0 Å². The van der Waals surface area contributed by atoms with Crippen molar-refractivity contribution in [2.24, 2.45) is 0 Å². The molecule has 0 aliphatic carbocycles. The first-order valence-electron chi connectivity index (χ1n) is 8.59. The molecular formula is C21H24N2O2. The van der Waals surface area contributed by atoms with Crippen LogP contribution in [0.3, 0.4) is 0 Å². The Morgan fingerprint density at radius 2 is 1.76 bits per heavy atom. The van der Waals surface area contributed by atoms with Crippen LogP contribution in [0.1, 0.15) is 11.1 Å². The molecule has 0 spiro atoms. The number of para-hydroxylation sites is 1. The number of piperazine rings is 1. The number of aryl methyl sites for hydroxylation is 1. The lowest BCUT2D eigenvalue weighted by Crippen LogP contribution is -2.48. The van der Waals surface area contributed by atoms with Gasteiger partial charge in [0.25, 0.3) is 0 Å². The molecule has 0 saturated carbocycles. The van der Waals surface area contributed by atoms with Crippen LogP contribution in [0.15, 0.2) is 54.6 Å². The van der Waals surface area contributed by atoms with E-state index in [1.807, 2.05) is 54.3 Å². The summed E-state index contributed by atoms with van der Waals surface area (Å²) in [4.78, 5) is 16.7. The molecule has 130 valence electrons. The lowest BCUT2D eigenvalue weighted by molar-refractivity contribution is -0.126. The van der Waals surface area contributed by atoms with Crippen molar-refractivity contribution in [3.05, 3.63) is 65.7 Å². The van der Waals surface area contributed by atoms with Crippen LogP contribution in [0.2, 0.25) is 0 Å². The molecule has 0 N–H and O–H groups in total. The molecule has 4 heteroatoms. The van der Waals surface area contributed by atoms with E-state index >= 15 is 0 Å². The zero-order chi connectivity index (χ0) is 17.6. The molecule has 1 heterocycles. The van der Waals surface area contributed by atoms with Crippen molar-refractivity contribution >= 4 is 17.7 Å². The van der Waals surface area contributed by atoms with Crippen LogP contribution in [-0.2, 0) is 4.79 Å². The van der Waals surface area contributed by atoms with Crippen LogP contribution in [0, 0.1) is 6.92 Å². The van der Waals surface area contributed by atoms with Gasteiger partial charge in [-0.05, 0) is 37.3 Å². The summed E-state index contributed by atoms with van der Waals surface area (Å²) >= 11 is 0. The quantitative estimate of drug-likeness (QED) is 0.803. The van der Waals surface area contributed by atoms with E-state index in [9.17, 15) is 4.79 Å². The smallest absolute Gasteiger partial charge is 0.246 e. The van der Waals surface area contributed by atoms with Crippen LogP contribution in [0.25, 0.3) is 6.08 Å². The molecular weight excluding hydrogens is 312 g/mol. The van der Waals surface area contributed by atoms with Gasteiger partial charge in [-0.1, -0.05) is 29.8 Å². The number of nitrogens with zero attached hydrogens (tertiary/aromatic N) is 2. The van der Waals surface area contributed by atoms with E-state index in [4.69, 9.17) is 4.74 Å². The number of carbonyl (C=O) groups is 1. The fraction of sp³-hybridized carbons (Fsp3) is 0.286. The van der Waals surface area contributed by atoms with Gasteiger partial charge in [0, 0.05) is 43.5 Å². The maximum atomic E-state index is 12.5. The Morgan fingerprint density at radius 3 is 2.44 bits per heavy atom. The Bertz CT molecular complexity index is 748. The molecule has 0 aromatic heterocycles. The van der Waals surface area contributed by atoms with Crippen molar-refractivity contribution in [1.82, 2.24) is 4.90 Å². The van der Waals surface area contributed by atoms with Crippen LogP contribution >= 0.6 is 0 Å². The molecule has 2 aromatic rings. The Labute approximate surface area is 149 Å². The second-order valence-electron chi connectivity index (χ2n) is 6.23. The number of anilines is 1. The number of ether oxygens (including phenoxy) is 1. The first-order chi connectivity index (χ1) is 12.2. The molecule has 0 radical (unpaired) electrons. The second kappa shape index (κ2) is 7.88. The fourth-order valence-electron chi connectivity index (χ4n) is 3.07. The normalized spacial score (nSPS) is 14.8. The summed E-state index contributed by atoms with van der Waals surface area (Å²) in [5.74, 6) is 0.833. The first-order valence-corrected chi connectivity index (χ1v) is 8.59. The highest BCUT2D eigenvalue weighted by Crippen LogP contribution is 2.21. The van der Waals surface area contributed by atoms with Gasteiger partial charge in [-0.25, -0.2) is 0 Å². The molecule has 3 rings (SSSR count). The molecule has 1 aliphatic heterocycles. The topological polar surface area (TPSA) is 32.8 Å². The number of hydrogen-bond donors (Lipinski definition) is 0. The molecule has 4 nitrogen and oxygen atoms in total. The summed E-state index contributed by atoms with van der Waals surface area (Å²) in [5.41, 5.74) is 3.29. The predicted octanol–water partition coefficient (Wildman–Crippen LogP) is 3.37. The second-order valence-corrected chi connectivity index (χ2v) is 6.23. The Kier molecular flexibility index (Phi) is 5.39. The predicted molar refractivity (Wildman–Crippen MR) is 102 cm³/mol. The minimum Gasteiger partial charge on any atom is -0.496 e. The van der Waals surface area contributed by atoms with Crippen LogP contribution in [-0.4, -0.2) is 44.1 Å². The summed E-state index contributed by atoms with van der Waals surface area (Å²) in [6, 6.07) is 16.3. The van der Waals surface area contributed by atoms with Gasteiger partial charge in [0.2, 0.25) is 5.91 Å². The Morgan fingerprint density at radius 1 is 1.04 bits per heavy atom. The molecule has 25 heavy (non-hydrogen) atoms. The van der Waals surface area contributed by atoms with Gasteiger partial charge in [0.05, 0.1) is 7.11 Å². The highest BCUT2D eigenvalue weighted by molar-refractivity contribution is 5.92. The van der Waals surface area contributed by atoms with E-state index in [0.717, 1.165) is 43.1 Å². The highest BCUT2D eigenvalue weighted by Gasteiger charge is 2.19. The first kappa shape index (κ1) is 17.1.